The Balaban J connectivity index is 3.64. The molecule has 0 radical (unpaired) electrons. The maximum absolute atomic E-state index is 11.2. The zero-order chi connectivity index (χ0) is 11.0. The van der Waals surface area contributed by atoms with Gasteiger partial charge in [-0.15, -0.1) is 0 Å². The first-order chi connectivity index (χ1) is 6.52. The van der Waals surface area contributed by atoms with Crippen molar-refractivity contribution in [2.75, 3.05) is 24.6 Å². The normalized spacial score (nSPS) is 11.6. The van der Waals surface area contributed by atoms with Gasteiger partial charge in [0.2, 0.25) is 0 Å². The van der Waals surface area contributed by atoms with Gasteiger partial charge in [0, 0.05) is 25.1 Å². The number of hydrogen-bond donors (Lipinski definition) is 1. The van der Waals surface area contributed by atoms with Gasteiger partial charge in [0.1, 0.15) is 15.6 Å². The van der Waals surface area contributed by atoms with Crippen molar-refractivity contribution in [2.24, 2.45) is 0 Å². The van der Waals surface area contributed by atoms with E-state index in [9.17, 15) is 13.2 Å². The molecule has 14 heavy (non-hydrogen) atoms. The molecule has 0 aromatic heterocycles. The number of carbonyl (C=O) groups is 1. The van der Waals surface area contributed by atoms with Gasteiger partial charge in [0.05, 0.1) is 5.75 Å². The van der Waals surface area contributed by atoms with Gasteiger partial charge in [0.25, 0.3) is 0 Å². The Morgan fingerprint density at radius 2 is 1.86 bits per heavy atom. The average molecular weight is 221 g/mol. The Hall–Kier alpha value is -0.420. The van der Waals surface area contributed by atoms with Gasteiger partial charge in [0.15, 0.2) is 0 Å². The van der Waals surface area contributed by atoms with E-state index in [4.69, 9.17) is 0 Å². The first-order valence-corrected chi connectivity index (χ1v) is 6.76. The number of sulfone groups is 1. The van der Waals surface area contributed by atoms with Crippen molar-refractivity contribution >= 4 is 15.6 Å². The quantitative estimate of drug-likeness (QED) is 0.602. The molecular formula is C9H19NO3S. The number of rotatable bonds is 8. The highest BCUT2D eigenvalue weighted by molar-refractivity contribution is 7.91. The fourth-order valence-electron chi connectivity index (χ4n) is 0.943. The lowest BCUT2D eigenvalue weighted by Gasteiger charge is -2.01. The third kappa shape index (κ3) is 7.03. The van der Waals surface area contributed by atoms with Crippen molar-refractivity contribution < 1.29 is 13.2 Å². The predicted molar refractivity (Wildman–Crippen MR) is 57.1 cm³/mol. The van der Waals surface area contributed by atoms with Crippen LogP contribution in [0.1, 0.15) is 26.7 Å². The summed E-state index contributed by atoms with van der Waals surface area (Å²) in [5.41, 5.74) is 0. The van der Waals surface area contributed by atoms with E-state index in [-0.39, 0.29) is 23.7 Å². The Bertz CT molecular complexity index is 259. The molecular weight excluding hydrogens is 202 g/mol. The molecule has 0 heterocycles. The summed E-state index contributed by atoms with van der Waals surface area (Å²) in [6.45, 7) is 5.03. The van der Waals surface area contributed by atoms with Gasteiger partial charge >= 0.3 is 0 Å². The standard InChI is InChI=1S/C9H19NO3S/c1-3-10-7-5-9(11)6-8-14(12,13)4-2/h10H,3-8H2,1-2H3. The van der Waals surface area contributed by atoms with Crippen LogP contribution in [0, 0.1) is 0 Å². The minimum atomic E-state index is -2.99. The number of carbonyl (C=O) groups excluding carboxylic acids is 1. The molecule has 0 fully saturated rings. The number of nitrogens with one attached hydrogen (secondary N) is 1. The number of ketones is 1. The summed E-state index contributed by atoms with van der Waals surface area (Å²) in [5.74, 6) is 0.130. The van der Waals surface area contributed by atoms with Crippen LogP contribution in [0.3, 0.4) is 0 Å². The second-order valence-electron chi connectivity index (χ2n) is 3.13. The maximum Gasteiger partial charge on any atom is 0.150 e. The molecule has 84 valence electrons. The topological polar surface area (TPSA) is 63.2 Å². The average Bonchev–Trinajstić information content (AvgIpc) is 2.16. The highest BCUT2D eigenvalue weighted by Gasteiger charge is 2.10. The summed E-state index contributed by atoms with van der Waals surface area (Å²) in [7, 11) is -2.99. The second-order valence-corrected chi connectivity index (χ2v) is 5.60. The molecule has 0 aromatic carbocycles. The maximum atomic E-state index is 11.2. The van der Waals surface area contributed by atoms with Gasteiger partial charge in [-0.25, -0.2) is 8.42 Å². The Labute approximate surface area is 86.0 Å². The van der Waals surface area contributed by atoms with E-state index in [0.29, 0.717) is 13.0 Å². The molecule has 1 N–H and O–H groups in total. The van der Waals surface area contributed by atoms with Crippen molar-refractivity contribution in [3.05, 3.63) is 0 Å². The van der Waals surface area contributed by atoms with Crippen LogP contribution in [-0.4, -0.2) is 38.8 Å². The summed E-state index contributed by atoms with van der Waals surface area (Å²) in [5, 5.41) is 3.02. The first-order valence-electron chi connectivity index (χ1n) is 4.94. The molecule has 0 aliphatic carbocycles. The summed E-state index contributed by atoms with van der Waals surface area (Å²) in [6.07, 6.45) is 0.578. The largest absolute Gasteiger partial charge is 0.317 e. The fourth-order valence-corrected chi connectivity index (χ4v) is 1.77. The lowest BCUT2D eigenvalue weighted by molar-refractivity contribution is -0.118. The minimum absolute atomic E-state index is 0.00550. The molecule has 0 unspecified atom stereocenters. The van der Waals surface area contributed by atoms with Crippen LogP contribution >= 0.6 is 0 Å². The Morgan fingerprint density at radius 3 is 2.36 bits per heavy atom. The van der Waals surface area contributed by atoms with Gasteiger partial charge in [-0.2, -0.15) is 0 Å². The zero-order valence-corrected chi connectivity index (χ0v) is 9.69. The molecule has 5 heteroatoms. The summed E-state index contributed by atoms with van der Waals surface area (Å²) < 4.78 is 22.1. The van der Waals surface area contributed by atoms with Crippen molar-refractivity contribution in [1.29, 1.82) is 0 Å². The van der Waals surface area contributed by atoms with Crippen LogP contribution in [-0.2, 0) is 14.6 Å². The molecule has 4 nitrogen and oxygen atoms in total. The van der Waals surface area contributed by atoms with Crippen LogP contribution in [0.15, 0.2) is 0 Å². The summed E-state index contributed by atoms with van der Waals surface area (Å²) in [6, 6.07) is 0. The van der Waals surface area contributed by atoms with Crippen molar-refractivity contribution in [3.63, 3.8) is 0 Å². The van der Waals surface area contributed by atoms with E-state index in [1.54, 1.807) is 6.92 Å². The van der Waals surface area contributed by atoms with Crippen molar-refractivity contribution in [1.82, 2.24) is 5.32 Å². The zero-order valence-electron chi connectivity index (χ0n) is 8.88. The molecule has 0 aromatic rings. The van der Waals surface area contributed by atoms with E-state index in [1.165, 1.54) is 0 Å². The van der Waals surface area contributed by atoms with Crippen molar-refractivity contribution in [2.45, 2.75) is 26.7 Å². The smallest absolute Gasteiger partial charge is 0.150 e. The number of Topliss-reactive ketones (excluding diaryl/α,β-unsaturated/α-hetero) is 1. The molecule has 0 rings (SSSR count). The van der Waals surface area contributed by atoms with Crippen LogP contribution < -0.4 is 5.32 Å². The third-order valence-corrected chi connectivity index (χ3v) is 3.67. The molecule has 0 saturated heterocycles. The molecule has 0 aliphatic rings. The lowest BCUT2D eigenvalue weighted by atomic mass is 10.2. The van der Waals surface area contributed by atoms with Gasteiger partial charge in [-0.05, 0) is 6.54 Å². The Kier molecular flexibility index (Phi) is 6.74. The highest BCUT2D eigenvalue weighted by atomic mass is 32.2. The monoisotopic (exact) mass is 221 g/mol. The van der Waals surface area contributed by atoms with E-state index < -0.39 is 9.84 Å². The lowest BCUT2D eigenvalue weighted by Crippen LogP contribution is -2.19. The second kappa shape index (κ2) is 6.95. The molecule has 0 spiro atoms. The Morgan fingerprint density at radius 1 is 1.21 bits per heavy atom. The molecule has 0 aliphatic heterocycles. The van der Waals surface area contributed by atoms with E-state index in [0.717, 1.165) is 6.54 Å². The van der Waals surface area contributed by atoms with Crippen molar-refractivity contribution in [3.8, 4) is 0 Å². The van der Waals surface area contributed by atoms with Crippen LogP contribution in [0.5, 0.6) is 0 Å². The number of hydrogen-bond acceptors (Lipinski definition) is 4. The molecule has 0 bridgehead atoms. The first kappa shape index (κ1) is 13.6. The van der Waals surface area contributed by atoms with E-state index >= 15 is 0 Å². The molecule has 0 amide bonds. The van der Waals surface area contributed by atoms with Crippen LogP contribution in [0.2, 0.25) is 0 Å². The van der Waals surface area contributed by atoms with Gasteiger partial charge in [-0.3, -0.25) is 4.79 Å². The van der Waals surface area contributed by atoms with E-state index in [1.807, 2.05) is 6.92 Å². The van der Waals surface area contributed by atoms with Gasteiger partial charge in [-0.1, -0.05) is 13.8 Å². The predicted octanol–water partition coefficient (Wildman–Crippen LogP) is 0.380. The third-order valence-electron chi connectivity index (χ3n) is 1.96. The summed E-state index contributed by atoms with van der Waals surface area (Å²) >= 11 is 0. The van der Waals surface area contributed by atoms with Gasteiger partial charge < -0.3 is 5.32 Å². The SMILES string of the molecule is CCNCCC(=O)CCS(=O)(=O)CC. The molecule has 0 saturated carbocycles. The minimum Gasteiger partial charge on any atom is -0.317 e. The highest BCUT2D eigenvalue weighted by Crippen LogP contribution is 1.96. The van der Waals surface area contributed by atoms with Crippen LogP contribution in [0.4, 0.5) is 0 Å². The summed E-state index contributed by atoms with van der Waals surface area (Å²) in [4.78, 5) is 11.2. The molecule has 0 atom stereocenters. The van der Waals surface area contributed by atoms with Crippen LogP contribution in [0.25, 0.3) is 0 Å². The fraction of sp³-hybridized carbons (Fsp3) is 0.889. The van der Waals surface area contributed by atoms with E-state index in [2.05, 4.69) is 5.32 Å².